The van der Waals surface area contributed by atoms with E-state index in [4.69, 9.17) is 0 Å². The van der Waals surface area contributed by atoms with Crippen LogP contribution < -0.4 is 21.3 Å². The van der Waals surface area contributed by atoms with Crippen molar-refractivity contribution in [3.63, 3.8) is 0 Å². The Kier molecular flexibility index (Phi) is 43.7. The van der Waals surface area contributed by atoms with Crippen LogP contribution in [0.4, 0.5) is 0 Å². The fourth-order valence-corrected chi connectivity index (χ4v) is 7.07. The zero-order valence-corrected chi connectivity index (χ0v) is 39.7. The maximum Gasteiger partial charge on any atom is 0.221 e. The quantitative estimate of drug-likeness (QED) is 0.0358. The molecule has 0 bridgehead atoms. The van der Waals surface area contributed by atoms with E-state index in [2.05, 4.69) is 69.2 Å². The maximum absolute atomic E-state index is 12.5. The van der Waals surface area contributed by atoms with Gasteiger partial charge in [-0.1, -0.05) is 141 Å². The van der Waals surface area contributed by atoms with Crippen molar-refractivity contribution in [2.24, 2.45) is 0 Å². The van der Waals surface area contributed by atoms with Crippen molar-refractivity contribution in [2.75, 3.05) is 66.5 Å². The third kappa shape index (κ3) is 44.8. The number of carbonyl (C=O) groups is 4. The first-order chi connectivity index (χ1) is 29.3. The minimum Gasteiger partial charge on any atom is -0.354 e. The monoisotopic (exact) mass is 845 g/mol. The molecule has 0 aliphatic heterocycles. The number of hydrogen-bond donors (Lipinski definition) is 4. The fourth-order valence-electron chi connectivity index (χ4n) is 7.07. The van der Waals surface area contributed by atoms with Gasteiger partial charge in [-0.3, -0.25) is 19.2 Å². The van der Waals surface area contributed by atoms with Crippen molar-refractivity contribution >= 4 is 23.6 Å². The van der Waals surface area contributed by atoms with E-state index in [1.165, 1.54) is 128 Å². The molecule has 0 fully saturated rings. The SMILES string of the molecule is CCCCCCCC/C=C/CCCCCCCC(=O)NCCNC(=O)CCN(CCC(=O)NCCNC(=O)CCCCCCC/C=C/CCCCCCCC)CCN(C)C. The fraction of sp³-hybridized carbons (Fsp3) is 0.840. The Labute approximate surface area is 370 Å². The standard InChI is InChI=1S/C50H96N6O4/c1-5-7-9-11-13-15-17-19-21-23-25-27-29-31-33-35-47(57)51-39-41-53-49(59)37-43-56(46-45-55(3)4)44-38-50(60)54-42-40-52-48(58)36-34-32-30-28-26-24-22-20-18-16-14-12-10-8-6-2/h19-22H,5-18,23-46H2,1-4H3,(H,51,57)(H,52,58)(H,53,59)(H,54,60)/b21-19+,22-20+. The lowest BCUT2D eigenvalue weighted by Crippen LogP contribution is -2.40. The molecule has 0 aromatic rings. The summed E-state index contributed by atoms with van der Waals surface area (Å²) in [7, 11) is 4.02. The van der Waals surface area contributed by atoms with Gasteiger partial charge in [-0.05, 0) is 78.3 Å². The van der Waals surface area contributed by atoms with Gasteiger partial charge in [0.25, 0.3) is 0 Å². The van der Waals surface area contributed by atoms with E-state index in [-0.39, 0.29) is 23.6 Å². The minimum absolute atomic E-state index is 0.0473. The summed E-state index contributed by atoms with van der Waals surface area (Å²) < 4.78 is 0. The molecular weight excluding hydrogens is 749 g/mol. The molecule has 0 aliphatic carbocycles. The molecule has 0 unspecified atom stereocenters. The summed E-state index contributed by atoms with van der Waals surface area (Å²) >= 11 is 0. The normalized spacial score (nSPS) is 11.6. The van der Waals surface area contributed by atoms with Crippen molar-refractivity contribution < 1.29 is 19.2 Å². The van der Waals surface area contributed by atoms with Crippen LogP contribution in [-0.2, 0) is 19.2 Å². The van der Waals surface area contributed by atoms with Gasteiger partial charge >= 0.3 is 0 Å². The van der Waals surface area contributed by atoms with Crippen LogP contribution in [0.2, 0.25) is 0 Å². The summed E-state index contributed by atoms with van der Waals surface area (Å²) in [6.07, 6.45) is 43.3. The van der Waals surface area contributed by atoms with Gasteiger partial charge in [0.05, 0.1) is 0 Å². The highest BCUT2D eigenvalue weighted by Crippen LogP contribution is 2.12. The molecule has 0 aliphatic rings. The molecule has 0 heterocycles. The van der Waals surface area contributed by atoms with Crippen molar-refractivity contribution in [2.45, 2.75) is 206 Å². The van der Waals surface area contributed by atoms with Crippen LogP contribution in [0.3, 0.4) is 0 Å². The predicted molar refractivity (Wildman–Crippen MR) is 255 cm³/mol. The van der Waals surface area contributed by atoms with Crippen LogP contribution >= 0.6 is 0 Å². The number of unbranched alkanes of at least 4 members (excludes halogenated alkanes) is 22. The molecule has 0 atom stereocenters. The Bertz CT molecular complexity index is 989. The van der Waals surface area contributed by atoms with Crippen LogP contribution in [0.1, 0.15) is 206 Å². The topological polar surface area (TPSA) is 123 Å². The van der Waals surface area contributed by atoms with Gasteiger partial charge in [0.15, 0.2) is 0 Å². The summed E-state index contributed by atoms with van der Waals surface area (Å²) in [4.78, 5) is 53.8. The molecule has 10 heteroatoms. The third-order valence-corrected chi connectivity index (χ3v) is 11.0. The first kappa shape index (κ1) is 57.3. The highest BCUT2D eigenvalue weighted by atomic mass is 16.2. The van der Waals surface area contributed by atoms with Gasteiger partial charge in [0.2, 0.25) is 23.6 Å². The minimum atomic E-state index is -0.0571. The van der Waals surface area contributed by atoms with E-state index in [0.717, 1.165) is 51.6 Å². The molecule has 0 spiro atoms. The van der Waals surface area contributed by atoms with Crippen LogP contribution in [0.25, 0.3) is 0 Å². The molecule has 4 N–H and O–H groups in total. The van der Waals surface area contributed by atoms with Crippen LogP contribution in [0.5, 0.6) is 0 Å². The summed E-state index contributed by atoms with van der Waals surface area (Å²) in [5.74, 6) is -0.0195. The van der Waals surface area contributed by atoms with E-state index in [9.17, 15) is 19.2 Å². The van der Waals surface area contributed by atoms with E-state index in [1.54, 1.807) is 0 Å². The molecule has 350 valence electrons. The van der Waals surface area contributed by atoms with E-state index in [1.807, 2.05) is 14.1 Å². The van der Waals surface area contributed by atoms with Gasteiger partial charge in [0.1, 0.15) is 0 Å². The van der Waals surface area contributed by atoms with Crippen LogP contribution in [-0.4, -0.2) is 99.9 Å². The Morgan fingerprint density at radius 3 is 0.950 bits per heavy atom. The highest BCUT2D eigenvalue weighted by Gasteiger charge is 2.12. The number of allylic oxidation sites excluding steroid dienone is 4. The maximum atomic E-state index is 12.5. The van der Waals surface area contributed by atoms with Gasteiger partial charge in [-0.2, -0.15) is 0 Å². The molecule has 4 amide bonds. The average molecular weight is 845 g/mol. The molecular formula is C50H96N6O4. The first-order valence-corrected chi connectivity index (χ1v) is 25.0. The van der Waals surface area contributed by atoms with Crippen LogP contribution in [0.15, 0.2) is 24.3 Å². The van der Waals surface area contributed by atoms with Gasteiger partial charge in [0, 0.05) is 78.0 Å². The molecule has 0 saturated heterocycles. The molecule has 10 nitrogen and oxygen atoms in total. The van der Waals surface area contributed by atoms with Crippen molar-refractivity contribution in [1.82, 2.24) is 31.1 Å². The molecule has 0 rings (SSSR count). The predicted octanol–water partition coefficient (Wildman–Crippen LogP) is 10.2. The summed E-state index contributed by atoms with van der Waals surface area (Å²) in [6.45, 7) is 8.89. The van der Waals surface area contributed by atoms with E-state index < -0.39 is 0 Å². The lowest BCUT2D eigenvalue weighted by atomic mass is 10.1. The largest absolute Gasteiger partial charge is 0.354 e. The molecule has 0 aromatic heterocycles. The Balaban J connectivity index is 3.89. The number of carbonyl (C=O) groups excluding carboxylic acids is 4. The second-order valence-electron chi connectivity index (χ2n) is 17.2. The first-order valence-electron chi connectivity index (χ1n) is 25.0. The molecule has 0 radical (unpaired) electrons. The van der Waals surface area contributed by atoms with Gasteiger partial charge < -0.3 is 31.1 Å². The molecule has 60 heavy (non-hydrogen) atoms. The van der Waals surface area contributed by atoms with Gasteiger partial charge in [-0.25, -0.2) is 0 Å². The Morgan fingerprint density at radius 2 is 0.633 bits per heavy atom. The lowest BCUT2D eigenvalue weighted by Gasteiger charge is -2.23. The van der Waals surface area contributed by atoms with Gasteiger partial charge in [-0.15, -0.1) is 0 Å². The number of amides is 4. The van der Waals surface area contributed by atoms with Crippen LogP contribution in [0, 0.1) is 0 Å². The number of likely N-dealkylation sites (N-methyl/N-ethyl adjacent to an activating group) is 1. The zero-order chi connectivity index (χ0) is 44.0. The van der Waals surface area contributed by atoms with E-state index >= 15 is 0 Å². The molecule has 0 saturated carbocycles. The summed E-state index contributed by atoms with van der Waals surface area (Å²) in [6, 6.07) is 0. The highest BCUT2D eigenvalue weighted by molar-refractivity contribution is 5.78. The van der Waals surface area contributed by atoms with E-state index in [0.29, 0.717) is 65.0 Å². The zero-order valence-electron chi connectivity index (χ0n) is 39.7. The Hall–Kier alpha value is -2.72. The average Bonchev–Trinajstić information content (AvgIpc) is 3.23. The number of nitrogens with zero attached hydrogens (tertiary/aromatic N) is 2. The third-order valence-electron chi connectivity index (χ3n) is 11.0. The number of nitrogens with one attached hydrogen (secondary N) is 4. The number of rotatable bonds is 45. The Morgan fingerprint density at radius 1 is 0.350 bits per heavy atom. The molecule has 0 aromatic carbocycles. The van der Waals surface area contributed by atoms with Crippen molar-refractivity contribution in [1.29, 1.82) is 0 Å². The summed E-state index contributed by atoms with van der Waals surface area (Å²) in [5, 5.41) is 11.7. The van der Waals surface area contributed by atoms with Crippen molar-refractivity contribution in [3.05, 3.63) is 24.3 Å². The second kappa shape index (κ2) is 45.8. The second-order valence-corrected chi connectivity index (χ2v) is 17.2. The summed E-state index contributed by atoms with van der Waals surface area (Å²) in [5.41, 5.74) is 0. The van der Waals surface area contributed by atoms with Crippen molar-refractivity contribution in [3.8, 4) is 0 Å². The lowest BCUT2D eigenvalue weighted by molar-refractivity contribution is -0.123. The number of hydrogen-bond acceptors (Lipinski definition) is 6. The smallest absolute Gasteiger partial charge is 0.221 e.